The summed E-state index contributed by atoms with van der Waals surface area (Å²) in [4.78, 5) is 26.1. The Bertz CT molecular complexity index is 1260. The molecule has 208 valence electrons. The van der Waals surface area contributed by atoms with Crippen LogP contribution in [0.15, 0.2) is 30.3 Å². The van der Waals surface area contributed by atoms with E-state index in [4.69, 9.17) is 9.47 Å². The van der Waals surface area contributed by atoms with Crippen LogP contribution in [-0.4, -0.2) is 23.5 Å². The fourth-order valence-corrected chi connectivity index (χ4v) is 8.52. The molecule has 1 heterocycles. The second kappa shape index (κ2) is 10.6. The third-order valence-electron chi connectivity index (χ3n) is 10.4. The first kappa shape index (κ1) is 26.4. The number of benzene rings is 2. The van der Waals surface area contributed by atoms with E-state index in [1.807, 2.05) is 24.3 Å². The molecule has 1 aliphatic heterocycles. The third kappa shape index (κ3) is 4.87. The standard InChI is InChI=1S/C34H42O5/c1-3-5-23-17-28-22(18-29(23)36)10-12-27-26(28)14-15-34(2)32(37)19-24(33(27)34)6-4-7-25(35)11-8-21-9-13-30-31(16-21)39-20-38-30/h9,13,16-18,24,26-27,33,36H,3-8,10-12,14-15,19-20H2,1-2H3/t24-,26+,27-,33+,34-/m1/s1. The van der Waals surface area contributed by atoms with Crippen LogP contribution in [0.5, 0.6) is 17.2 Å². The molecule has 4 aliphatic rings. The van der Waals surface area contributed by atoms with Crippen molar-refractivity contribution in [2.45, 2.75) is 96.8 Å². The second-order valence-electron chi connectivity index (χ2n) is 12.7. The molecule has 3 aliphatic carbocycles. The van der Waals surface area contributed by atoms with E-state index < -0.39 is 0 Å². The van der Waals surface area contributed by atoms with Crippen molar-refractivity contribution < 1.29 is 24.2 Å². The van der Waals surface area contributed by atoms with E-state index in [2.05, 4.69) is 19.9 Å². The maximum absolute atomic E-state index is 13.4. The zero-order valence-corrected chi connectivity index (χ0v) is 23.5. The lowest BCUT2D eigenvalue weighted by atomic mass is 9.54. The van der Waals surface area contributed by atoms with Gasteiger partial charge in [-0.2, -0.15) is 0 Å². The van der Waals surface area contributed by atoms with Gasteiger partial charge in [0.2, 0.25) is 6.79 Å². The molecule has 5 atom stereocenters. The molecule has 0 bridgehead atoms. The van der Waals surface area contributed by atoms with Crippen LogP contribution in [0.2, 0.25) is 0 Å². The molecule has 5 heteroatoms. The maximum Gasteiger partial charge on any atom is 0.231 e. The molecule has 2 aromatic rings. The summed E-state index contributed by atoms with van der Waals surface area (Å²) in [5.74, 6) is 4.54. The van der Waals surface area contributed by atoms with Crippen molar-refractivity contribution in [1.29, 1.82) is 0 Å². The summed E-state index contributed by atoms with van der Waals surface area (Å²) < 4.78 is 10.8. The van der Waals surface area contributed by atoms with Crippen LogP contribution in [0.25, 0.3) is 0 Å². The highest BCUT2D eigenvalue weighted by molar-refractivity contribution is 5.87. The minimum absolute atomic E-state index is 0.212. The number of carbonyl (C=O) groups excluding carboxylic acids is 2. The van der Waals surface area contributed by atoms with Gasteiger partial charge in [-0.15, -0.1) is 0 Å². The topological polar surface area (TPSA) is 72.8 Å². The van der Waals surface area contributed by atoms with E-state index in [0.717, 1.165) is 80.4 Å². The molecule has 0 aromatic heterocycles. The van der Waals surface area contributed by atoms with Gasteiger partial charge in [-0.05, 0) is 115 Å². The number of hydrogen-bond acceptors (Lipinski definition) is 5. The van der Waals surface area contributed by atoms with E-state index >= 15 is 0 Å². The van der Waals surface area contributed by atoms with Crippen LogP contribution in [0, 0.1) is 23.2 Å². The first-order valence-electron chi connectivity index (χ1n) is 15.2. The lowest BCUT2D eigenvalue weighted by molar-refractivity contribution is -0.129. The third-order valence-corrected chi connectivity index (χ3v) is 10.4. The maximum atomic E-state index is 13.4. The van der Waals surface area contributed by atoms with Crippen molar-refractivity contribution in [2.24, 2.45) is 23.2 Å². The highest BCUT2D eigenvalue weighted by Gasteiger charge is 2.58. The highest BCUT2D eigenvalue weighted by Crippen LogP contribution is 2.62. The lowest BCUT2D eigenvalue weighted by Gasteiger charge is -2.50. The fraction of sp³-hybridized carbons (Fsp3) is 0.588. The molecular formula is C34H42O5. The van der Waals surface area contributed by atoms with Crippen molar-refractivity contribution in [1.82, 2.24) is 0 Å². The predicted octanol–water partition coefficient (Wildman–Crippen LogP) is 7.10. The molecule has 2 aromatic carbocycles. The summed E-state index contributed by atoms with van der Waals surface area (Å²) in [7, 11) is 0. The normalized spacial score (nSPS) is 28.6. The Hall–Kier alpha value is -2.82. The number of aromatic hydroxyl groups is 1. The summed E-state index contributed by atoms with van der Waals surface area (Å²) in [5, 5.41) is 10.6. The summed E-state index contributed by atoms with van der Waals surface area (Å²) >= 11 is 0. The van der Waals surface area contributed by atoms with Crippen LogP contribution in [0.4, 0.5) is 0 Å². The Morgan fingerprint density at radius 3 is 2.77 bits per heavy atom. The number of ketones is 2. The largest absolute Gasteiger partial charge is 0.508 e. The van der Waals surface area contributed by atoms with Gasteiger partial charge in [-0.1, -0.05) is 32.4 Å². The van der Waals surface area contributed by atoms with Crippen LogP contribution in [0.1, 0.15) is 99.8 Å². The molecule has 1 N–H and O–H groups in total. The minimum atomic E-state index is -0.212. The SMILES string of the molecule is CCCc1cc2c(cc1O)CC[C@H]1[C@@H]3[C@H](CCCC(=O)CCc4ccc5c(c4)OCO5)CC(=O)[C@@]3(C)CC[C@H]21. The van der Waals surface area contributed by atoms with Gasteiger partial charge >= 0.3 is 0 Å². The van der Waals surface area contributed by atoms with Crippen molar-refractivity contribution in [3.63, 3.8) is 0 Å². The Kier molecular flexibility index (Phi) is 7.20. The van der Waals surface area contributed by atoms with Crippen LogP contribution in [-0.2, 0) is 28.9 Å². The van der Waals surface area contributed by atoms with E-state index in [1.54, 1.807) is 0 Å². The number of rotatable bonds is 9. The number of phenolic OH excluding ortho intramolecular Hbond substituents is 1. The molecule has 39 heavy (non-hydrogen) atoms. The van der Waals surface area contributed by atoms with Gasteiger partial charge in [0, 0.05) is 24.7 Å². The number of Topliss-reactive ketones (excluding diaryl/α,β-unsaturated/α-hetero) is 2. The lowest BCUT2D eigenvalue weighted by Crippen LogP contribution is -2.44. The van der Waals surface area contributed by atoms with Crippen LogP contribution in [0.3, 0.4) is 0 Å². The van der Waals surface area contributed by atoms with Crippen LogP contribution < -0.4 is 9.47 Å². The molecule has 0 amide bonds. The zero-order valence-electron chi connectivity index (χ0n) is 23.5. The fourth-order valence-electron chi connectivity index (χ4n) is 8.52. The van der Waals surface area contributed by atoms with Crippen molar-refractivity contribution in [3.8, 4) is 17.2 Å². The summed E-state index contributed by atoms with van der Waals surface area (Å²) in [5.41, 5.74) is 4.71. The van der Waals surface area contributed by atoms with Crippen LogP contribution >= 0.6 is 0 Å². The van der Waals surface area contributed by atoms with Crippen molar-refractivity contribution >= 4 is 11.6 Å². The van der Waals surface area contributed by atoms with Gasteiger partial charge in [0.05, 0.1) is 0 Å². The number of hydrogen-bond donors (Lipinski definition) is 1. The van der Waals surface area contributed by atoms with Gasteiger partial charge in [0.1, 0.15) is 17.3 Å². The monoisotopic (exact) mass is 530 g/mol. The summed E-state index contributed by atoms with van der Waals surface area (Å²) in [6.07, 6.45) is 10.4. The molecule has 6 rings (SSSR count). The first-order chi connectivity index (χ1) is 18.9. The zero-order chi connectivity index (χ0) is 27.1. The molecule has 2 fully saturated rings. The molecule has 0 spiro atoms. The molecule has 5 nitrogen and oxygen atoms in total. The summed E-state index contributed by atoms with van der Waals surface area (Å²) in [6.45, 7) is 4.66. The van der Waals surface area contributed by atoms with Gasteiger partial charge in [0.15, 0.2) is 11.5 Å². The van der Waals surface area contributed by atoms with E-state index in [0.29, 0.717) is 60.3 Å². The number of phenols is 1. The highest BCUT2D eigenvalue weighted by atomic mass is 16.7. The second-order valence-corrected chi connectivity index (χ2v) is 12.7. The minimum Gasteiger partial charge on any atom is -0.508 e. The Morgan fingerprint density at radius 1 is 1.08 bits per heavy atom. The van der Waals surface area contributed by atoms with E-state index in [9.17, 15) is 14.7 Å². The molecule has 0 saturated heterocycles. The number of fused-ring (bicyclic) bond motifs is 6. The average molecular weight is 531 g/mol. The van der Waals surface area contributed by atoms with E-state index in [1.165, 1.54) is 11.1 Å². The Labute approximate surface area is 232 Å². The number of carbonyl (C=O) groups is 2. The molecule has 0 unspecified atom stereocenters. The van der Waals surface area contributed by atoms with E-state index in [-0.39, 0.29) is 12.2 Å². The quantitative estimate of drug-likeness (QED) is 0.374. The Balaban J connectivity index is 1.09. The summed E-state index contributed by atoms with van der Waals surface area (Å²) in [6, 6.07) is 10.2. The molecule has 2 saturated carbocycles. The number of ether oxygens (including phenoxy) is 2. The molecular weight excluding hydrogens is 488 g/mol. The smallest absolute Gasteiger partial charge is 0.231 e. The van der Waals surface area contributed by atoms with Crippen molar-refractivity contribution in [3.05, 3.63) is 52.6 Å². The number of aryl methyl sites for hydroxylation is 3. The van der Waals surface area contributed by atoms with Gasteiger partial charge in [-0.3, -0.25) is 9.59 Å². The van der Waals surface area contributed by atoms with Gasteiger partial charge < -0.3 is 14.6 Å². The predicted molar refractivity (Wildman–Crippen MR) is 150 cm³/mol. The van der Waals surface area contributed by atoms with Gasteiger partial charge in [-0.25, -0.2) is 0 Å². The van der Waals surface area contributed by atoms with Crippen molar-refractivity contribution in [2.75, 3.05) is 6.79 Å². The average Bonchev–Trinajstić information content (AvgIpc) is 3.49. The molecule has 0 radical (unpaired) electrons. The van der Waals surface area contributed by atoms with Gasteiger partial charge in [0.25, 0.3) is 0 Å². The first-order valence-corrected chi connectivity index (χ1v) is 15.2. The Morgan fingerprint density at radius 2 is 1.92 bits per heavy atom.